The van der Waals surface area contributed by atoms with Gasteiger partial charge in [-0.1, -0.05) is 35.3 Å². The van der Waals surface area contributed by atoms with Crippen molar-refractivity contribution in [2.75, 3.05) is 13.7 Å². The van der Waals surface area contributed by atoms with Crippen molar-refractivity contribution in [3.63, 3.8) is 0 Å². The fraction of sp³-hybridized carbons (Fsp3) is 0.333. The van der Waals surface area contributed by atoms with Crippen LogP contribution >= 0.6 is 23.2 Å². The van der Waals surface area contributed by atoms with Crippen molar-refractivity contribution in [3.8, 4) is 0 Å². The molecule has 0 amide bonds. The van der Waals surface area contributed by atoms with E-state index in [2.05, 4.69) is 5.32 Å². The van der Waals surface area contributed by atoms with Crippen LogP contribution in [0.5, 0.6) is 0 Å². The van der Waals surface area contributed by atoms with Crippen molar-refractivity contribution in [1.29, 1.82) is 0 Å². The molecular formula is C18H19Cl2NO4. The Morgan fingerprint density at radius 1 is 1.20 bits per heavy atom. The Morgan fingerprint density at radius 2 is 1.80 bits per heavy atom. The smallest absolute Gasteiger partial charge is 0.336 e. The van der Waals surface area contributed by atoms with Crippen LogP contribution in [0.15, 0.2) is 40.7 Å². The first-order valence-electron chi connectivity index (χ1n) is 8.96. The molecule has 0 saturated heterocycles. The molecule has 1 aliphatic rings. The third-order valence-electron chi connectivity index (χ3n) is 3.75. The number of esters is 2. The van der Waals surface area contributed by atoms with E-state index in [1.165, 1.54) is 7.11 Å². The Kier molecular flexibility index (Phi) is 4.85. The van der Waals surface area contributed by atoms with Crippen LogP contribution in [0.4, 0.5) is 0 Å². The Bertz CT molecular complexity index is 899. The third-order valence-corrected chi connectivity index (χ3v) is 4.52. The van der Waals surface area contributed by atoms with Gasteiger partial charge >= 0.3 is 11.9 Å². The predicted molar refractivity (Wildman–Crippen MR) is 96.4 cm³/mol. The SMILES string of the molecule is [2H]c1c([2H])c(Cl)c(Cl)c(C2C(C(=O)OC)=C(C)NC(C)=C2C(=O)OCC)c1[2H]. The van der Waals surface area contributed by atoms with E-state index in [0.717, 1.165) is 0 Å². The van der Waals surface area contributed by atoms with Crippen LogP contribution in [0.3, 0.4) is 0 Å². The maximum atomic E-state index is 12.7. The van der Waals surface area contributed by atoms with E-state index < -0.39 is 36.0 Å². The average molecular weight is 387 g/mol. The number of rotatable bonds is 4. The van der Waals surface area contributed by atoms with Crippen LogP contribution in [-0.4, -0.2) is 25.7 Å². The molecule has 1 atom stereocenters. The molecule has 134 valence electrons. The van der Waals surface area contributed by atoms with Gasteiger partial charge in [-0.15, -0.1) is 0 Å². The molecule has 1 N–H and O–H groups in total. The second kappa shape index (κ2) is 7.93. The molecule has 5 nitrogen and oxygen atoms in total. The lowest BCUT2D eigenvalue weighted by Gasteiger charge is -2.30. The molecular weight excluding hydrogens is 365 g/mol. The van der Waals surface area contributed by atoms with Gasteiger partial charge in [0.1, 0.15) is 0 Å². The minimum Gasteiger partial charge on any atom is -0.466 e. The maximum Gasteiger partial charge on any atom is 0.336 e. The van der Waals surface area contributed by atoms with E-state index in [1.54, 1.807) is 20.8 Å². The van der Waals surface area contributed by atoms with Crippen LogP contribution in [-0.2, 0) is 19.1 Å². The summed E-state index contributed by atoms with van der Waals surface area (Å²) in [6.07, 6.45) is 0. The van der Waals surface area contributed by atoms with Crippen LogP contribution in [0, 0.1) is 0 Å². The molecule has 1 unspecified atom stereocenters. The number of halogens is 2. The molecule has 0 spiro atoms. The lowest BCUT2D eigenvalue weighted by molar-refractivity contribution is -0.139. The van der Waals surface area contributed by atoms with E-state index in [1.807, 2.05) is 0 Å². The second-order valence-electron chi connectivity index (χ2n) is 5.26. The molecule has 0 aliphatic carbocycles. The summed E-state index contributed by atoms with van der Waals surface area (Å²) in [5.41, 5.74) is 0.865. The molecule has 0 saturated carbocycles. The Labute approximate surface area is 160 Å². The summed E-state index contributed by atoms with van der Waals surface area (Å²) in [6.45, 7) is 4.97. The van der Waals surface area contributed by atoms with Crippen molar-refractivity contribution in [2.45, 2.75) is 26.7 Å². The van der Waals surface area contributed by atoms with E-state index >= 15 is 0 Å². The highest BCUT2D eigenvalue weighted by Crippen LogP contribution is 2.43. The van der Waals surface area contributed by atoms with Gasteiger partial charge in [0.25, 0.3) is 0 Å². The van der Waals surface area contributed by atoms with Crippen molar-refractivity contribution in [1.82, 2.24) is 5.32 Å². The highest BCUT2D eigenvalue weighted by atomic mass is 35.5. The summed E-state index contributed by atoms with van der Waals surface area (Å²) in [4.78, 5) is 25.2. The molecule has 1 aromatic rings. The van der Waals surface area contributed by atoms with E-state index in [0.29, 0.717) is 11.4 Å². The molecule has 2 rings (SSSR count). The molecule has 0 bridgehead atoms. The predicted octanol–water partition coefficient (Wildman–Crippen LogP) is 3.96. The number of allylic oxidation sites excluding steroid dienone is 2. The third kappa shape index (κ3) is 3.67. The molecule has 1 aliphatic heterocycles. The molecule has 25 heavy (non-hydrogen) atoms. The van der Waals surface area contributed by atoms with Crippen molar-refractivity contribution >= 4 is 35.1 Å². The summed E-state index contributed by atoms with van der Waals surface area (Å²) in [6, 6.07) is -1.28. The minimum absolute atomic E-state index is 0.0312. The zero-order valence-electron chi connectivity index (χ0n) is 17.2. The van der Waals surface area contributed by atoms with Gasteiger partial charge < -0.3 is 14.8 Å². The van der Waals surface area contributed by atoms with Gasteiger partial charge in [0.05, 0.1) is 44.9 Å². The molecule has 1 aromatic carbocycles. The number of methoxy groups -OCH3 is 1. The zero-order valence-corrected chi connectivity index (χ0v) is 15.7. The Balaban J connectivity index is 2.92. The number of carbonyl (C=O) groups is 2. The number of carbonyl (C=O) groups excluding carboxylic acids is 2. The summed E-state index contributed by atoms with van der Waals surface area (Å²) in [7, 11) is 1.19. The number of hydrogen-bond donors (Lipinski definition) is 1. The van der Waals surface area contributed by atoms with E-state index in [-0.39, 0.29) is 33.4 Å². The van der Waals surface area contributed by atoms with Gasteiger partial charge in [0.15, 0.2) is 0 Å². The largest absolute Gasteiger partial charge is 0.466 e. The van der Waals surface area contributed by atoms with Crippen molar-refractivity contribution < 1.29 is 23.2 Å². The van der Waals surface area contributed by atoms with Gasteiger partial charge in [-0.2, -0.15) is 0 Å². The first kappa shape index (κ1) is 15.3. The summed E-state index contributed by atoms with van der Waals surface area (Å²) < 4.78 is 34.2. The van der Waals surface area contributed by atoms with Crippen LogP contribution in [0.25, 0.3) is 0 Å². The van der Waals surface area contributed by atoms with Gasteiger partial charge in [0, 0.05) is 11.4 Å². The average Bonchev–Trinajstić information content (AvgIpc) is 2.64. The molecule has 1 heterocycles. The quantitative estimate of drug-likeness (QED) is 0.793. The van der Waals surface area contributed by atoms with Crippen LogP contribution < -0.4 is 5.32 Å². The molecule has 0 fully saturated rings. The maximum absolute atomic E-state index is 12.7. The number of ether oxygens (including phenoxy) is 2. The molecule has 0 aromatic heterocycles. The first-order valence-corrected chi connectivity index (χ1v) is 8.22. The topological polar surface area (TPSA) is 64.6 Å². The summed E-state index contributed by atoms with van der Waals surface area (Å²) in [5.74, 6) is -2.59. The summed E-state index contributed by atoms with van der Waals surface area (Å²) >= 11 is 12.4. The van der Waals surface area contributed by atoms with Gasteiger partial charge in [-0.25, -0.2) is 9.59 Å². The molecule has 0 radical (unpaired) electrons. The lowest BCUT2D eigenvalue weighted by atomic mass is 9.80. The van der Waals surface area contributed by atoms with Gasteiger partial charge in [0.2, 0.25) is 0 Å². The fourth-order valence-electron chi connectivity index (χ4n) is 2.72. The van der Waals surface area contributed by atoms with Crippen molar-refractivity contribution in [2.24, 2.45) is 0 Å². The first-order chi connectivity index (χ1) is 13.1. The lowest BCUT2D eigenvalue weighted by Crippen LogP contribution is -2.32. The van der Waals surface area contributed by atoms with Gasteiger partial charge in [-0.3, -0.25) is 0 Å². The minimum atomic E-state index is -1.14. The standard InChI is InChI=1S/C18H19Cl2NO4/c1-5-25-18(23)14-10(3)21-9(2)13(17(22)24-4)15(14)11-7-6-8-12(19)16(11)20/h6-8,15,21H,5H2,1-4H3/i6D,7D,8D. The normalized spacial score (nSPS) is 19.0. The highest BCUT2D eigenvalue weighted by molar-refractivity contribution is 6.42. The number of nitrogens with one attached hydrogen (secondary N) is 1. The van der Waals surface area contributed by atoms with E-state index in [9.17, 15) is 9.59 Å². The Morgan fingerprint density at radius 3 is 2.36 bits per heavy atom. The Hall–Kier alpha value is -1.98. The second-order valence-corrected chi connectivity index (χ2v) is 6.02. The van der Waals surface area contributed by atoms with E-state index in [4.69, 9.17) is 36.8 Å². The number of dihydropyridines is 1. The zero-order chi connectivity index (χ0) is 21.3. The monoisotopic (exact) mass is 386 g/mol. The highest BCUT2D eigenvalue weighted by Gasteiger charge is 2.38. The summed E-state index contributed by atoms with van der Waals surface area (Å²) in [5, 5.41) is 2.54. The van der Waals surface area contributed by atoms with Crippen molar-refractivity contribution in [3.05, 3.63) is 56.3 Å². The number of hydrogen-bond acceptors (Lipinski definition) is 5. The van der Waals surface area contributed by atoms with Gasteiger partial charge in [-0.05, 0) is 32.4 Å². The number of benzene rings is 1. The molecule has 7 heteroatoms. The van der Waals surface area contributed by atoms with Crippen LogP contribution in [0.1, 0.15) is 36.4 Å². The van der Waals surface area contributed by atoms with Crippen LogP contribution in [0.2, 0.25) is 10.0 Å². The fourth-order valence-corrected chi connectivity index (χ4v) is 3.08.